The fraction of sp³-hybridized carbons (Fsp3) is 1.00. The van der Waals surface area contributed by atoms with Crippen LogP contribution in [0.3, 0.4) is 0 Å². The molecule has 1 aliphatic rings. The number of unbranched alkanes of at least 4 members (excludes halogenated alkanes) is 2. The van der Waals surface area contributed by atoms with Crippen molar-refractivity contribution < 1.29 is 10.1 Å². The highest BCUT2D eigenvalue weighted by atomic mass is 17.1. The molecule has 23 heavy (non-hydrogen) atoms. The minimum atomic E-state index is -0.270. The maximum atomic E-state index is 9.63. The van der Waals surface area contributed by atoms with E-state index in [-0.39, 0.29) is 5.60 Å². The second kappa shape index (κ2) is 11.5. The van der Waals surface area contributed by atoms with E-state index in [0.29, 0.717) is 5.41 Å². The van der Waals surface area contributed by atoms with Crippen LogP contribution in [0.4, 0.5) is 0 Å². The lowest BCUT2D eigenvalue weighted by atomic mass is 9.68. The average Bonchev–Trinajstić information content (AvgIpc) is 2.58. The van der Waals surface area contributed by atoms with Crippen molar-refractivity contribution in [3.63, 3.8) is 0 Å². The van der Waals surface area contributed by atoms with Crippen LogP contribution in [0.15, 0.2) is 0 Å². The Balaban J connectivity index is 2.56. The molecule has 0 aromatic carbocycles. The zero-order chi connectivity index (χ0) is 17.0. The van der Waals surface area contributed by atoms with Crippen LogP contribution in [-0.2, 0) is 4.89 Å². The van der Waals surface area contributed by atoms with E-state index < -0.39 is 0 Å². The van der Waals surface area contributed by atoms with E-state index in [2.05, 4.69) is 20.8 Å². The van der Waals surface area contributed by atoms with Crippen LogP contribution in [0.2, 0.25) is 0 Å². The maximum absolute atomic E-state index is 9.63. The molecule has 1 saturated carbocycles. The summed E-state index contributed by atoms with van der Waals surface area (Å²) in [7, 11) is 0. The topological polar surface area (TPSA) is 29.5 Å². The van der Waals surface area contributed by atoms with Gasteiger partial charge in [-0.05, 0) is 56.8 Å². The van der Waals surface area contributed by atoms with E-state index in [1.807, 2.05) is 0 Å². The fourth-order valence-electron chi connectivity index (χ4n) is 4.75. The summed E-state index contributed by atoms with van der Waals surface area (Å²) in [5, 5.41) is 9.63. The summed E-state index contributed by atoms with van der Waals surface area (Å²) in [6.07, 6.45) is 20.1. The van der Waals surface area contributed by atoms with E-state index in [1.54, 1.807) is 0 Å². The number of hydrogen-bond acceptors (Lipinski definition) is 2. The van der Waals surface area contributed by atoms with E-state index >= 15 is 0 Å². The smallest absolute Gasteiger partial charge is 0.103 e. The fourth-order valence-corrected chi connectivity index (χ4v) is 4.75. The normalized spacial score (nSPS) is 18.3. The number of hydrogen-bond donors (Lipinski definition) is 1. The monoisotopic (exact) mass is 326 g/mol. The second-order valence-electron chi connectivity index (χ2n) is 8.15. The Labute approximate surface area is 145 Å². The molecule has 1 fully saturated rings. The van der Waals surface area contributed by atoms with Gasteiger partial charge < -0.3 is 0 Å². The molecular formula is C21H42O2. The molecule has 2 heteroatoms. The van der Waals surface area contributed by atoms with E-state index in [0.717, 1.165) is 32.1 Å². The van der Waals surface area contributed by atoms with Gasteiger partial charge >= 0.3 is 0 Å². The predicted molar refractivity (Wildman–Crippen MR) is 99.8 cm³/mol. The zero-order valence-electron chi connectivity index (χ0n) is 16.2. The van der Waals surface area contributed by atoms with Gasteiger partial charge in [-0.1, -0.05) is 72.1 Å². The molecule has 0 aliphatic heterocycles. The maximum Gasteiger partial charge on any atom is 0.103 e. The zero-order valence-corrected chi connectivity index (χ0v) is 16.2. The van der Waals surface area contributed by atoms with Gasteiger partial charge in [0, 0.05) is 0 Å². The minimum absolute atomic E-state index is 0.270. The average molecular weight is 327 g/mol. The summed E-state index contributed by atoms with van der Waals surface area (Å²) in [4.78, 5) is 5.12. The van der Waals surface area contributed by atoms with Gasteiger partial charge in [0.25, 0.3) is 0 Å². The first-order valence-corrected chi connectivity index (χ1v) is 10.5. The van der Waals surface area contributed by atoms with Crippen LogP contribution in [0, 0.1) is 5.41 Å². The van der Waals surface area contributed by atoms with Crippen molar-refractivity contribution in [2.24, 2.45) is 5.41 Å². The first-order chi connectivity index (χ1) is 11.2. The third-order valence-corrected chi connectivity index (χ3v) is 6.20. The molecule has 0 atom stereocenters. The molecule has 0 aromatic rings. The molecule has 1 aliphatic carbocycles. The van der Waals surface area contributed by atoms with Crippen molar-refractivity contribution in [3.8, 4) is 0 Å². The Hall–Kier alpha value is -0.0800. The summed E-state index contributed by atoms with van der Waals surface area (Å²) < 4.78 is 0. The molecule has 138 valence electrons. The van der Waals surface area contributed by atoms with Gasteiger partial charge in [0.2, 0.25) is 0 Å². The quantitative estimate of drug-likeness (QED) is 0.280. The Morgan fingerprint density at radius 1 is 0.783 bits per heavy atom. The van der Waals surface area contributed by atoms with Crippen molar-refractivity contribution in [1.82, 2.24) is 0 Å². The van der Waals surface area contributed by atoms with Gasteiger partial charge in [0.05, 0.1) is 0 Å². The molecular weight excluding hydrogens is 284 g/mol. The van der Waals surface area contributed by atoms with Crippen molar-refractivity contribution in [3.05, 3.63) is 0 Å². The second-order valence-corrected chi connectivity index (χ2v) is 8.15. The van der Waals surface area contributed by atoms with Gasteiger partial charge in [-0.15, -0.1) is 0 Å². The first kappa shape index (κ1) is 21.0. The van der Waals surface area contributed by atoms with Crippen LogP contribution in [0.5, 0.6) is 0 Å². The molecule has 0 spiro atoms. The van der Waals surface area contributed by atoms with Crippen LogP contribution in [0.25, 0.3) is 0 Å². The Morgan fingerprint density at radius 3 is 1.83 bits per heavy atom. The Bertz CT molecular complexity index is 268. The van der Waals surface area contributed by atoms with E-state index in [1.165, 1.54) is 70.6 Å². The molecule has 0 heterocycles. The summed E-state index contributed by atoms with van der Waals surface area (Å²) in [5.41, 5.74) is 0.331. The molecule has 0 bridgehead atoms. The molecule has 1 rings (SSSR count). The predicted octanol–water partition coefficient (Wildman–Crippen LogP) is 7.52. The van der Waals surface area contributed by atoms with E-state index in [9.17, 15) is 5.26 Å². The largest absolute Gasteiger partial charge is 0.251 e. The number of rotatable bonds is 13. The van der Waals surface area contributed by atoms with Gasteiger partial charge in [0.1, 0.15) is 5.60 Å². The molecule has 0 radical (unpaired) electrons. The minimum Gasteiger partial charge on any atom is -0.251 e. The standard InChI is InChI=1S/C21H42O2/c1-4-7-17-21(23-22,18-8-5-2)19-12-16-20(13-6-3)14-10-9-11-15-20/h22H,4-19H2,1-3H3. The molecule has 1 N–H and O–H groups in total. The SMILES string of the molecule is CCCCC(CCCC)(CCCC1(CCC)CCCCC1)OO. The summed E-state index contributed by atoms with van der Waals surface area (Å²) in [6.45, 7) is 6.78. The lowest BCUT2D eigenvalue weighted by Gasteiger charge is -2.39. The van der Waals surface area contributed by atoms with Crippen molar-refractivity contribution >= 4 is 0 Å². The lowest BCUT2D eigenvalue weighted by molar-refractivity contribution is -0.330. The molecule has 0 saturated heterocycles. The van der Waals surface area contributed by atoms with Crippen molar-refractivity contribution in [2.75, 3.05) is 0 Å². The van der Waals surface area contributed by atoms with Crippen LogP contribution >= 0.6 is 0 Å². The van der Waals surface area contributed by atoms with Gasteiger partial charge in [-0.25, -0.2) is 4.89 Å². The summed E-state index contributed by atoms with van der Waals surface area (Å²) >= 11 is 0. The highest BCUT2D eigenvalue weighted by molar-refractivity contribution is 4.85. The highest BCUT2D eigenvalue weighted by Gasteiger charge is 2.34. The van der Waals surface area contributed by atoms with Crippen molar-refractivity contribution in [1.29, 1.82) is 0 Å². The lowest BCUT2D eigenvalue weighted by Crippen LogP contribution is -2.33. The van der Waals surface area contributed by atoms with Crippen LogP contribution in [0.1, 0.15) is 124 Å². The third-order valence-electron chi connectivity index (χ3n) is 6.20. The summed E-state index contributed by atoms with van der Waals surface area (Å²) in [6, 6.07) is 0. The van der Waals surface area contributed by atoms with Crippen LogP contribution in [-0.4, -0.2) is 10.9 Å². The molecule has 0 unspecified atom stereocenters. The van der Waals surface area contributed by atoms with Crippen LogP contribution < -0.4 is 0 Å². The third kappa shape index (κ3) is 7.13. The molecule has 2 nitrogen and oxygen atoms in total. The molecule has 0 aromatic heterocycles. The highest BCUT2D eigenvalue weighted by Crippen LogP contribution is 2.45. The van der Waals surface area contributed by atoms with Gasteiger partial charge in [-0.2, -0.15) is 0 Å². The van der Waals surface area contributed by atoms with Crippen molar-refractivity contribution in [2.45, 2.75) is 129 Å². The van der Waals surface area contributed by atoms with Gasteiger partial charge in [-0.3, -0.25) is 5.26 Å². The Morgan fingerprint density at radius 2 is 1.35 bits per heavy atom. The van der Waals surface area contributed by atoms with E-state index in [4.69, 9.17) is 4.89 Å². The molecule has 0 amide bonds. The van der Waals surface area contributed by atoms with Gasteiger partial charge in [0.15, 0.2) is 0 Å². The summed E-state index contributed by atoms with van der Waals surface area (Å²) in [5.74, 6) is 0. The Kier molecular flexibility index (Phi) is 10.5. The first-order valence-electron chi connectivity index (χ1n) is 10.5.